The van der Waals surface area contributed by atoms with E-state index in [-0.39, 0.29) is 11.6 Å². The highest BCUT2D eigenvalue weighted by atomic mass is 16.5. The quantitative estimate of drug-likeness (QED) is 0.323. The standard InChI is InChI=1S/C26H22N4O3/c1-2-33-21-14-13-20(24(31)15-21)17-27-30-26(32)25-28-22(18-9-5-3-6-10-18)16-23(29-25)19-11-7-4-8-12-19/h3-17,31H,2H2,1H3,(H,30,32)/b27-17-. The Morgan fingerprint density at radius 3 is 2.09 bits per heavy atom. The Kier molecular flexibility index (Phi) is 6.70. The number of phenolic OH excluding ortho intramolecular Hbond substituents is 1. The summed E-state index contributed by atoms with van der Waals surface area (Å²) < 4.78 is 5.35. The summed E-state index contributed by atoms with van der Waals surface area (Å²) in [4.78, 5) is 21.7. The van der Waals surface area contributed by atoms with Crippen molar-refractivity contribution in [1.82, 2.24) is 15.4 Å². The molecule has 0 aliphatic carbocycles. The Labute approximate surface area is 191 Å². The molecule has 2 N–H and O–H groups in total. The number of rotatable bonds is 7. The van der Waals surface area contributed by atoms with Crippen molar-refractivity contribution in [1.29, 1.82) is 0 Å². The summed E-state index contributed by atoms with van der Waals surface area (Å²) in [5.41, 5.74) is 5.86. The average molecular weight is 438 g/mol. The predicted molar refractivity (Wildman–Crippen MR) is 127 cm³/mol. The van der Waals surface area contributed by atoms with Gasteiger partial charge in [0, 0.05) is 22.8 Å². The lowest BCUT2D eigenvalue weighted by Gasteiger charge is -2.08. The Hall–Kier alpha value is -4.52. The Morgan fingerprint density at radius 2 is 1.55 bits per heavy atom. The van der Waals surface area contributed by atoms with Crippen molar-refractivity contribution in [3.05, 3.63) is 96.3 Å². The zero-order valence-corrected chi connectivity index (χ0v) is 18.0. The summed E-state index contributed by atoms with van der Waals surface area (Å²) in [6.45, 7) is 2.36. The lowest BCUT2D eigenvalue weighted by molar-refractivity contribution is 0.0945. The van der Waals surface area contributed by atoms with Gasteiger partial charge in [0.05, 0.1) is 24.2 Å². The lowest BCUT2D eigenvalue weighted by Crippen LogP contribution is -2.21. The van der Waals surface area contributed by atoms with Crippen LogP contribution in [0.3, 0.4) is 0 Å². The number of ether oxygens (including phenoxy) is 1. The van der Waals surface area contributed by atoms with Gasteiger partial charge < -0.3 is 9.84 Å². The van der Waals surface area contributed by atoms with Crippen molar-refractivity contribution >= 4 is 12.1 Å². The third-order valence-corrected chi connectivity index (χ3v) is 4.75. The second-order valence-electron chi connectivity index (χ2n) is 7.05. The zero-order chi connectivity index (χ0) is 23.0. The van der Waals surface area contributed by atoms with Gasteiger partial charge in [0.15, 0.2) is 0 Å². The molecular weight excluding hydrogens is 416 g/mol. The number of amides is 1. The number of hydrogen-bond donors (Lipinski definition) is 2. The molecular formula is C26H22N4O3. The largest absolute Gasteiger partial charge is 0.507 e. The summed E-state index contributed by atoms with van der Waals surface area (Å²) >= 11 is 0. The molecule has 0 atom stereocenters. The number of benzene rings is 3. The van der Waals surface area contributed by atoms with Crippen LogP contribution < -0.4 is 10.2 Å². The first kappa shape index (κ1) is 21.7. The van der Waals surface area contributed by atoms with Crippen molar-refractivity contribution in [2.75, 3.05) is 6.61 Å². The van der Waals surface area contributed by atoms with Gasteiger partial charge in [-0.3, -0.25) is 4.79 Å². The van der Waals surface area contributed by atoms with Crippen molar-refractivity contribution in [3.8, 4) is 34.0 Å². The van der Waals surface area contributed by atoms with Crippen LogP contribution in [-0.4, -0.2) is 33.8 Å². The van der Waals surface area contributed by atoms with Gasteiger partial charge in [0.1, 0.15) is 11.5 Å². The number of nitrogens with one attached hydrogen (secondary N) is 1. The average Bonchev–Trinajstić information content (AvgIpc) is 2.86. The summed E-state index contributed by atoms with van der Waals surface area (Å²) in [5, 5.41) is 14.1. The fourth-order valence-corrected chi connectivity index (χ4v) is 3.16. The maximum absolute atomic E-state index is 12.8. The molecule has 0 saturated heterocycles. The minimum absolute atomic E-state index is 0.00682. The summed E-state index contributed by atoms with van der Waals surface area (Å²) in [6.07, 6.45) is 1.35. The second kappa shape index (κ2) is 10.2. The topological polar surface area (TPSA) is 96.7 Å². The fraction of sp³-hybridized carbons (Fsp3) is 0.0769. The fourth-order valence-electron chi connectivity index (χ4n) is 3.16. The Bertz CT molecular complexity index is 1220. The van der Waals surface area contributed by atoms with Gasteiger partial charge in [0.2, 0.25) is 5.82 Å². The zero-order valence-electron chi connectivity index (χ0n) is 18.0. The van der Waals surface area contributed by atoms with E-state index in [0.717, 1.165) is 11.1 Å². The van der Waals surface area contributed by atoms with Crippen molar-refractivity contribution < 1.29 is 14.6 Å². The molecule has 1 aromatic heterocycles. The van der Waals surface area contributed by atoms with Crippen LogP contribution in [0.4, 0.5) is 0 Å². The normalized spacial score (nSPS) is 10.8. The van der Waals surface area contributed by atoms with Crippen LogP contribution in [0.1, 0.15) is 23.1 Å². The molecule has 1 heterocycles. The Balaban J connectivity index is 1.60. The van der Waals surface area contributed by atoms with Gasteiger partial charge in [-0.15, -0.1) is 0 Å². The summed E-state index contributed by atoms with van der Waals surface area (Å²) in [7, 11) is 0. The van der Waals surface area contributed by atoms with E-state index in [0.29, 0.717) is 29.3 Å². The predicted octanol–water partition coefficient (Wildman–Crippen LogP) is 4.68. The van der Waals surface area contributed by atoms with E-state index in [1.54, 1.807) is 12.1 Å². The number of carbonyl (C=O) groups excluding carboxylic acids is 1. The number of nitrogens with zero attached hydrogens (tertiary/aromatic N) is 3. The van der Waals surface area contributed by atoms with Gasteiger partial charge in [-0.2, -0.15) is 5.10 Å². The van der Waals surface area contributed by atoms with Crippen molar-refractivity contribution in [2.45, 2.75) is 6.92 Å². The van der Waals surface area contributed by atoms with Gasteiger partial charge in [-0.05, 0) is 25.1 Å². The van der Waals surface area contributed by atoms with Crippen LogP contribution in [0.2, 0.25) is 0 Å². The van der Waals surface area contributed by atoms with Crippen LogP contribution in [0.15, 0.2) is 90.0 Å². The molecule has 0 saturated carbocycles. The maximum atomic E-state index is 12.8. The molecule has 0 fully saturated rings. The number of aromatic nitrogens is 2. The summed E-state index contributed by atoms with van der Waals surface area (Å²) in [5.74, 6) is -0.0294. The molecule has 0 unspecified atom stereocenters. The van der Waals surface area contributed by atoms with Crippen molar-refractivity contribution in [3.63, 3.8) is 0 Å². The van der Waals surface area contributed by atoms with Gasteiger partial charge in [-0.25, -0.2) is 15.4 Å². The molecule has 0 radical (unpaired) electrons. The highest BCUT2D eigenvalue weighted by Gasteiger charge is 2.14. The third-order valence-electron chi connectivity index (χ3n) is 4.75. The molecule has 0 spiro atoms. The van der Waals surface area contributed by atoms with E-state index in [1.807, 2.05) is 73.7 Å². The molecule has 164 valence electrons. The molecule has 0 aliphatic heterocycles. The van der Waals surface area contributed by atoms with E-state index < -0.39 is 5.91 Å². The van der Waals surface area contributed by atoms with Crippen LogP contribution >= 0.6 is 0 Å². The van der Waals surface area contributed by atoms with Gasteiger partial charge >= 0.3 is 5.91 Å². The van der Waals surface area contributed by atoms with Crippen LogP contribution in [0.25, 0.3) is 22.5 Å². The highest BCUT2D eigenvalue weighted by molar-refractivity contribution is 5.93. The first-order valence-electron chi connectivity index (χ1n) is 10.4. The number of hydrazone groups is 1. The molecule has 3 aromatic carbocycles. The van der Waals surface area contributed by atoms with Crippen LogP contribution in [0.5, 0.6) is 11.5 Å². The first-order valence-corrected chi connectivity index (χ1v) is 10.4. The molecule has 7 heteroatoms. The number of phenols is 1. The first-order chi connectivity index (χ1) is 16.1. The number of carbonyl (C=O) groups is 1. The van der Waals surface area contributed by atoms with E-state index in [1.165, 1.54) is 12.3 Å². The highest BCUT2D eigenvalue weighted by Crippen LogP contribution is 2.24. The van der Waals surface area contributed by atoms with Crippen LogP contribution in [0, 0.1) is 0 Å². The van der Waals surface area contributed by atoms with Gasteiger partial charge in [0.25, 0.3) is 0 Å². The minimum atomic E-state index is -0.563. The molecule has 4 aromatic rings. The minimum Gasteiger partial charge on any atom is -0.507 e. The molecule has 0 bridgehead atoms. The van der Waals surface area contributed by atoms with E-state index in [2.05, 4.69) is 20.5 Å². The maximum Gasteiger partial charge on any atom is 0.309 e. The van der Waals surface area contributed by atoms with Gasteiger partial charge in [-0.1, -0.05) is 60.7 Å². The van der Waals surface area contributed by atoms with Crippen LogP contribution in [-0.2, 0) is 0 Å². The SMILES string of the molecule is CCOc1ccc(/C=N\NC(=O)c2nc(-c3ccccc3)cc(-c3ccccc3)n2)c(O)c1. The molecule has 7 nitrogen and oxygen atoms in total. The third kappa shape index (κ3) is 5.40. The smallest absolute Gasteiger partial charge is 0.309 e. The molecule has 1 amide bonds. The molecule has 33 heavy (non-hydrogen) atoms. The van der Waals surface area contributed by atoms with Crippen molar-refractivity contribution in [2.24, 2.45) is 5.10 Å². The van der Waals surface area contributed by atoms with E-state index in [9.17, 15) is 9.90 Å². The lowest BCUT2D eigenvalue weighted by atomic mass is 10.1. The van der Waals surface area contributed by atoms with E-state index in [4.69, 9.17) is 4.74 Å². The monoisotopic (exact) mass is 438 g/mol. The van der Waals surface area contributed by atoms with E-state index >= 15 is 0 Å². The number of aromatic hydroxyl groups is 1. The summed E-state index contributed by atoms with van der Waals surface area (Å²) in [6, 6.07) is 25.9. The molecule has 4 rings (SSSR count). The second-order valence-corrected chi connectivity index (χ2v) is 7.05. The number of hydrogen-bond acceptors (Lipinski definition) is 6. The molecule has 0 aliphatic rings. The Morgan fingerprint density at radius 1 is 0.939 bits per heavy atom.